The van der Waals surface area contributed by atoms with Gasteiger partial charge in [-0.15, -0.1) is 12.6 Å². The number of hydrogen-bond acceptors (Lipinski definition) is 12. The van der Waals surface area contributed by atoms with Gasteiger partial charge in [0.25, 0.3) is 30.4 Å². The number of nitrogens with zero attached hydrogens (tertiary/aromatic N) is 3. The minimum absolute atomic E-state index is 0.0135. The van der Waals surface area contributed by atoms with Gasteiger partial charge in [0.1, 0.15) is 11.4 Å². The first-order chi connectivity index (χ1) is 29.6. The number of rotatable bonds is 10. The molecular formula is C43H42N3O14S4+. The number of fused-ring (bicyclic) bond motifs is 6. The molecule has 2 aliphatic heterocycles. The highest BCUT2D eigenvalue weighted by atomic mass is 32.2. The normalized spacial score (nSPS) is 16.6. The first-order valence-electron chi connectivity index (χ1n) is 19.2. The number of allylic oxidation sites excluding steroid dienone is 6. The van der Waals surface area contributed by atoms with Crippen molar-refractivity contribution in [3.05, 3.63) is 125 Å². The Hall–Kier alpha value is -5.94. The molecule has 4 N–H and O–H groups in total. The van der Waals surface area contributed by atoms with Crippen LogP contribution in [0, 0.1) is 0 Å². The molecule has 21 heteroatoms. The Labute approximate surface area is 370 Å². The molecule has 2 aliphatic rings. The topological polar surface area (TPSA) is 271 Å². The number of anilines is 1. The first-order valence-corrected chi connectivity index (χ1v) is 24.6. The third-order valence-electron chi connectivity index (χ3n) is 11.4. The van der Waals surface area contributed by atoms with Crippen molar-refractivity contribution in [3.63, 3.8) is 0 Å². The summed E-state index contributed by atoms with van der Waals surface area (Å²) in [6.07, 6.45) is 8.73. The predicted molar refractivity (Wildman–Crippen MR) is 238 cm³/mol. The lowest BCUT2D eigenvalue weighted by atomic mass is 9.79. The number of benzene rings is 4. The predicted octanol–water partition coefficient (Wildman–Crippen LogP) is 6.56. The average molecular weight is 953 g/mol. The lowest BCUT2D eigenvalue weighted by molar-refractivity contribution is -0.433. The number of pyridine rings is 1. The van der Waals surface area contributed by atoms with Crippen LogP contribution in [0.15, 0.2) is 118 Å². The van der Waals surface area contributed by atoms with E-state index < -0.39 is 67.6 Å². The van der Waals surface area contributed by atoms with Crippen LogP contribution in [0.4, 0.5) is 11.4 Å². The molecule has 0 saturated heterocycles. The Kier molecular flexibility index (Phi) is 12.5. The largest absolute Gasteiger partial charge is 0.478 e. The lowest BCUT2D eigenvalue weighted by Crippen LogP contribution is -2.27. The van der Waals surface area contributed by atoms with E-state index in [0.717, 1.165) is 34.1 Å². The Morgan fingerprint density at radius 1 is 0.766 bits per heavy atom. The van der Waals surface area contributed by atoms with Crippen molar-refractivity contribution < 1.29 is 66.0 Å². The van der Waals surface area contributed by atoms with Crippen LogP contribution in [0.3, 0.4) is 0 Å². The summed E-state index contributed by atoms with van der Waals surface area (Å²) in [5, 5.41) is 11.3. The molecule has 0 radical (unpaired) electrons. The van der Waals surface area contributed by atoms with Gasteiger partial charge in [0.05, 0.1) is 26.5 Å². The molecule has 3 heterocycles. The molecule has 1 aromatic heterocycles. The van der Waals surface area contributed by atoms with Gasteiger partial charge in [-0.2, -0.15) is 29.8 Å². The van der Waals surface area contributed by atoms with Crippen molar-refractivity contribution in [2.24, 2.45) is 0 Å². The van der Waals surface area contributed by atoms with Crippen LogP contribution in [-0.4, -0.2) is 91.0 Å². The zero-order valence-electron chi connectivity index (χ0n) is 35.0. The highest BCUT2D eigenvalue weighted by molar-refractivity contribution is 7.87. The van der Waals surface area contributed by atoms with Crippen LogP contribution >= 0.6 is 0 Å². The van der Waals surface area contributed by atoms with Gasteiger partial charge in [-0.1, -0.05) is 32.1 Å². The Balaban J connectivity index is 0.00000163. The molecule has 0 unspecified atom stereocenters. The molecule has 0 saturated carbocycles. The SMILES string of the molecule is CCN1/C(=C/C=C(/C=C/C2=[N+](CC)c3ccc4ccc(S(=O)(=O)O)cc4c3C2(C)C)c2ccc(C(=O)O)cn2)C(C)(C)c2c1ccc1c(S(=O)(=O)O)cc(S(=O)(=O)O)cc21.O=S(=O)=O. The summed E-state index contributed by atoms with van der Waals surface area (Å²) in [6.45, 7) is 12.7. The molecule has 0 atom stereocenters. The van der Waals surface area contributed by atoms with E-state index in [4.69, 9.17) is 12.6 Å². The van der Waals surface area contributed by atoms with E-state index in [9.17, 15) is 48.8 Å². The summed E-state index contributed by atoms with van der Waals surface area (Å²) in [7, 11) is -17.4. The molecule has 4 aromatic carbocycles. The van der Waals surface area contributed by atoms with Gasteiger partial charge in [0.2, 0.25) is 5.69 Å². The Morgan fingerprint density at radius 3 is 1.94 bits per heavy atom. The zero-order chi connectivity index (χ0) is 47.5. The molecule has 0 aliphatic carbocycles. The summed E-state index contributed by atoms with van der Waals surface area (Å²) < 4.78 is 132. The second kappa shape index (κ2) is 16.9. The smallest absolute Gasteiger partial charge is 0.425 e. The summed E-state index contributed by atoms with van der Waals surface area (Å²) in [4.78, 5) is 16.7. The minimum Gasteiger partial charge on any atom is -0.478 e. The van der Waals surface area contributed by atoms with Crippen molar-refractivity contribution >= 4 is 91.1 Å². The van der Waals surface area contributed by atoms with E-state index in [1.165, 1.54) is 36.5 Å². The van der Waals surface area contributed by atoms with Crippen LogP contribution in [0.1, 0.15) is 68.7 Å². The van der Waals surface area contributed by atoms with E-state index in [2.05, 4.69) is 9.56 Å². The Morgan fingerprint density at radius 2 is 1.39 bits per heavy atom. The van der Waals surface area contributed by atoms with Gasteiger partial charge in [0.15, 0.2) is 5.71 Å². The van der Waals surface area contributed by atoms with E-state index in [-0.39, 0.29) is 21.2 Å². The van der Waals surface area contributed by atoms with Gasteiger partial charge in [-0.3, -0.25) is 18.6 Å². The second-order valence-electron chi connectivity index (χ2n) is 15.8. The van der Waals surface area contributed by atoms with E-state index in [1.807, 2.05) is 82.9 Å². The maximum Gasteiger partial charge on any atom is 0.425 e. The van der Waals surface area contributed by atoms with Crippen molar-refractivity contribution in [1.82, 2.24) is 4.98 Å². The van der Waals surface area contributed by atoms with Crippen molar-refractivity contribution in [2.45, 2.75) is 67.1 Å². The number of carboxylic acids is 1. The fraction of sp³-hybridized carbons (Fsp3) is 0.233. The highest BCUT2D eigenvalue weighted by Gasteiger charge is 2.45. The number of aromatic carboxylic acids is 1. The van der Waals surface area contributed by atoms with Crippen LogP contribution in [0.25, 0.3) is 27.1 Å². The lowest BCUT2D eigenvalue weighted by Gasteiger charge is -2.26. The molecule has 17 nitrogen and oxygen atoms in total. The quantitative estimate of drug-likeness (QED) is 0.0656. The molecule has 0 bridgehead atoms. The second-order valence-corrected chi connectivity index (χ2v) is 20.5. The number of likely N-dealkylation sites (N-methyl/N-ethyl adjacent to an activating group) is 1. The molecule has 0 fully saturated rings. The van der Waals surface area contributed by atoms with Crippen molar-refractivity contribution in [1.29, 1.82) is 0 Å². The minimum atomic E-state index is -4.93. The summed E-state index contributed by atoms with van der Waals surface area (Å²) >= 11 is 0. The third kappa shape index (κ3) is 8.79. The highest BCUT2D eigenvalue weighted by Crippen LogP contribution is 2.52. The monoisotopic (exact) mass is 952 g/mol. The average Bonchev–Trinajstić information content (AvgIpc) is 3.56. The maximum absolute atomic E-state index is 12.5. The molecule has 5 aromatic rings. The van der Waals surface area contributed by atoms with Crippen LogP contribution in [0.2, 0.25) is 0 Å². The molecule has 0 amide bonds. The summed E-state index contributed by atoms with van der Waals surface area (Å²) in [6, 6.07) is 16.5. The van der Waals surface area contributed by atoms with Crippen LogP contribution in [0.5, 0.6) is 0 Å². The van der Waals surface area contributed by atoms with Gasteiger partial charge >= 0.3 is 16.6 Å². The zero-order valence-corrected chi connectivity index (χ0v) is 38.3. The van der Waals surface area contributed by atoms with Gasteiger partial charge < -0.3 is 10.0 Å². The fourth-order valence-corrected chi connectivity index (χ4v) is 10.5. The van der Waals surface area contributed by atoms with Crippen LogP contribution < -0.4 is 4.90 Å². The molecule has 7 rings (SSSR count). The summed E-state index contributed by atoms with van der Waals surface area (Å²) in [5.41, 5.74) is 3.92. The van der Waals surface area contributed by atoms with Gasteiger partial charge in [-0.25, -0.2) is 4.79 Å². The number of hydrogen-bond donors (Lipinski definition) is 4. The Bertz CT molecular complexity index is 3410. The number of carbonyl (C=O) groups is 1. The fourth-order valence-electron chi connectivity index (χ4n) is 8.66. The number of carboxylic acid groups (broad SMARTS) is 1. The molecule has 336 valence electrons. The third-order valence-corrected chi connectivity index (χ3v) is 13.9. The van der Waals surface area contributed by atoms with Crippen molar-refractivity contribution in [3.8, 4) is 0 Å². The summed E-state index contributed by atoms with van der Waals surface area (Å²) in [5.74, 6) is -1.15. The van der Waals surface area contributed by atoms with E-state index in [1.54, 1.807) is 18.2 Å². The van der Waals surface area contributed by atoms with Crippen LogP contribution in [-0.2, 0) is 51.8 Å². The van der Waals surface area contributed by atoms with Crippen molar-refractivity contribution in [2.75, 3.05) is 18.0 Å². The molecular weight excluding hydrogens is 911 g/mol. The van der Waals surface area contributed by atoms with Gasteiger partial charge in [-0.05, 0) is 110 Å². The van der Waals surface area contributed by atoms with E-state index >= 15 is 0 Å². The number of aromatic nitrogens is 1. The maximum atomic E-state index is 12.5. The first kappa shape index (κ1) is 47.5. The molecule has 0 spiro atoms. The molecule has 64 heavy (non-hydrogen) atoms. The standard InChI is InChI=1S/C43H41N3O11S3.O3S/c1-7-45-34-17-11-25-9-14-28(58(49,50)51)21-31(25)39(34)42(3,4)37(45)19-12-26(33-16-10-27(24-44-33)41(47)48)13-20-38-43(5,6)40-32-22-29(59(52,53)54)23-36(60(55,56)57)30(32)15-18-35(40)46(38)8-2;1-4(2)3/h9-24H,7-8H2,1-6H3,(H3-,47,48,49,50,51,52,53,54,55,56,57);/p+1. The van der Waals surface area contributed by atoms with Gasteiger partial charge in [0, 0.05) is 58.2 Å². The van der Waals surface area contributed by atoms with E-state index in [0.29, 0.717) is 41.0 Å².